The maximum Gasteiger partial charge on any atom is 0.120 e. The van der Waals surface area contributed by atoms with Crippen molar-refractivity contribution >= 4 is 0 Å². The van der Waals surface area contributed by atoms with Gasteiger partial charge in [0.1, 0.15) is 5.72 Å². The van der Waals surface area contributed by atoms with Gasteiger partial charge < -0.3 is 4.74 Å². The van der Waals surface area contributed by atoms with Crippen LogP contribution in [0.1, 0.15) is 59.8 Å². The summed E-state index contributed by atoms with van der Waals surface area (Å²) in [7, 11) is 0. The number of nitrogens with one attached hydrogen (secondary N) is 1. The van der Waals surface area contributed by atoms with Crippen LogP contribution in [0.5, 0.6) is 0 Å². The zero-order valence-corrected chi connectivity index (χ0v) is 11.3. The van der Waals surface area contributed by atoms with Crippen LogP contribution in [0.25, 0.3) is 0 Å². The molecule has 2 fully saturated rings. The van der Waals surface area contributed by atoms with Crippen molar-refractivity contribution in [3.63, 3.8) is 0 Å². The quantitative estimate of drug-likeness (QED) is 0.739. The molecule has 0 aromatic heterocycles. The van der Waals surface area contributed by atoms with E-state index < -0.39 is 0 Å². The van der Waals surface area contributed by atoms with Gasteiger partial charge in [0.25, 0.3) is 0 Å². The van der Waals surface area contributed by atoms with E-state index in [2.05, 4.69) is 33.0 Å². The third-order valence-corrected chi connectivity index (χ3v) is 4.34. The smallest absolute Gasteiger partial charge is 0.120 e. The third-order valence-electron chi connectivity index (χ3n) is 4.34. The molecule has 1 spiro atoms. The second-order valence-corrected chi connectivity index (χ2v) is 6.63. The summed E-state index contributed by atoms with van der Waals surface area (Å²) < 4.78 is 6.37. The molecule has 2 heteroatoms. The van der Waals surface area contributed by atoms with E-state index in [-0.39, 0.29) is 11.3 Å². The zero-order valence-electron chi connectivity index (χ0n) is 11.3. The highest BCUT2D eigenvalue weighted by molar-refractivity contribution is 4.93. The van der Waals surface area contributed by atoms with Gasteiger partial charge >= 0.3 is 0 Å². The molecule has 1 saturated heterocycles. The van der Waals surface area contributed by atoms with Crippen LogP contribution in [0, 0.1) is 11.8 Å². The maximum atomic E-state index is 6.37. The number of hydrogen-bond donors (Lipinski definition) is 1. The van der Waals surface area contributed by atoms with Gasteiger partial charge in [-0.05, 0) is 57.8 Å². The van der Waals surface area contributed by atoms with E-state index in [0.29, 0.717) is 0 Å². The minimum atomic E-state index is -0.00502. The molecule has 2 atom stereocenters. The summed E-state index contributed by atoms with van der Waals surface area (Å²) in [5.74, 6) is 1.61. The number of rotatable bonds is 1. The van der Waals surface area contributed by atoms with Gasteiger partial charge in [-0.1, -0.05) is 13.8 Å². The molecule has 2 nitrogen and oxygen atoms in total. The fourth-order valence-electron chi connectivity index (χ4n) is 3.31. The second kappa shape index (κ2) is 4.30. The van der Waals surface area contributed by atoms with Crippen molar-refractivity contribution in [1.82, 2.24) is 5.32 Å². The monoisotopic (exact) mass is 225 g/mol. The first-order valence-corrected chi connectivity index (χ1v) is 6.88. The van der Waals surface area contributed by atoms with Gasteiger partial charge in [-0.25, -0.2) is 0 Å². The summed E-state index contributed by atoms with van der Waals surface area (Å²) in [5, 5.41) is 3.65. The summed E-state index contributed by atoms with van der Waals surface area (Å²) in [6, 6.07) is 0. The highest BCUT2D eigenvalue weighted by atomic mass is 16.5. The van der Waals surface area contributed by atoms with Crippen molar-refractivity contribution in [2.75, 3.05) is 6.54 Å². The molecule has 1 heterocycles. The predicted octanol–water partition coefficient (Wildman–Crippen LogP) is 3.32. The maximum absolute atomic E-state index is 6.37. The Labute approximate surface area is 100 Å². The first-order valence-electron chi connectivity index (χ1n) is 6.88. The van der Waals surface area contributed by atoms with Crippen molar-refractivity contribution in [3.8, 4) is 0 Å². The first kappa shape index (κ1) is 12.4. The highest BCUT2D eigenvalue weighted by Crippen LogP contribution is 2.41. The molecule has 0 aromatic carbocycles. The molecular weight excluding hydrogens is 198 g/mol. The first-order chi connectivity index (χ1) is 7.43. The molecule has 0 bridgehead atoms. The van der Waals surface area contributed by atoms with E-state index in [9.17, 15) is 0 Å². The van der Waals surface area contributed by atoms with Crippen LogP contribution in [-0.2, 0) is 4.74 Å². The summed E-state index contributed by atoms with van der Waals surface area (Å²) in [6.45, 7) is 10.3. The third kappa shape index (κ3) is 2.60. The van der Waals surface area contributed by atoms with E-state index in [0.717, 1.165) is 24.8 Å². The Morgan fingerprint density at radius 2 is 2.00 bits per heavy atom. The molecule has 1 saturated carbocycles. The van der Waals surface area contributed by atoms with Crippen molar-refractivity contribution < 1.29 is 4.74 Å². The molecule has 2 rings (SSSR count). The minimum absolute atomic E-state index is 0.00502. The van der Waals surface area contributed by atoms with Crippen LogP contribution in [0.4, 0.5) is 0 Å². The average molecular weight is 225 g/mol. The number of hydrogen-bond acceptors (Lipinski definition) is 2. The molecule has 0 aromatic rings. The van der Waals surface area contributed by atoms with Crippen LogP contribution in [0.2, 0.25) is 0 Å². The topological polar surface area (TPSA) is 21.3 Å². The van der Waals surface area contributed by atoms with Gasteiger partial charge in [0, 0.05) is 6.54 Å². The van der Waals surface area contributed by atoms with Crippen LogP contribution in [0.3, 0.4) is 0 Å². The normalized spacial score (nSPS) is 39.2. The molecule has 94 valence electrons. The lowest BCUT2D eigenvalue weighted by atomic mass is 9.76. The van der Waals surface area contributed by atoms with Gasteiger partial charge in [0.05, 0.1) is 5.60 Å². The average Bonchev–Trinajstić information content (AvgIpc) is 2.15. The van der Waals surface area contributed by atoms with Gasteiger partial charge in [-0.2, -0.15) is 0 Å². The van der Waals surface area contributed by atoms with Crippen molar-refractivity contribution in [1.29, 1.82) is 0 Å². The van der Waals surface area contributed by atoms with E-state index in [4.69, 9.17) is 4.74 Å². The van der Waals surface area contributed by atoms with E-state index in [1.54, 1.807) is 0 Å². The molecular formula is C14H27NO. The molecule has 0 radical (unpaired) electrons. The van der Waals surface area contributed by atoms with Crippen molar-refractivity contribution in [2.45, 2.75) is 71.1 Å². The molecule has 2 aliphatic rings. The van der Waals surface area contributed by atoms with Crippen LogP contribution >= 0.6 is 0 Å². The Balaban J connectivity index is 2.06. The summed E-state index contributed by atoms with van der Waals surface area (Å²) >= 11 is 0. The van der Waals surface area contributed by atoms with Gasteiger partial charge in [0.15, 0.2) is 0 Å². The largest absolute Gasteiger partial charge is 0.355 e. The molecule has 1 aliphatic heterocycles. The molecule has 0 amide bonds. The van der Waals surface area contributed by atoms with Gasteiger partial charge in [-0.3, -0.25) is 5.32 Å². The summed E-state index contributed by atoms with van der Waals surface area (Å²) in [4.78, 5) is 0. The van der Waals surface area contributed by atoms with Gasteiger partial charge in [0.2, 0.25) is 0 Å². The fourth-order valence-corrected chi connectivity index (χ4v) is 3.31. The Kier molecular flexibility index (Phi) is 3.33. The highest BCUT2D eigenvalue weighted by Gasteiger charge is 2.44. The number of ether oxygens (including phenoxy) is 1. The van der Waals surface area contributed by atoms with Crippen LogP contribution in [-0.4, -0.2) is 17.9 Å². The lowest BCUT2D eigenvalue weighted by Crippen LogP contribution is -2.60. The van der Waals surface area contributed by atoms with Crippen LogP contribution in [0.15, 0.2) is 0 Å². The standard InChI is InChI=1S/C14H27NO/c1-11(2)12-6-5-7-14(10-12)15-9-8-13(3,4)16-14/h11-12,15H,5-10H2,1-4H3. The van der Waals surface area contributed by atoms with Gasteiger partial charge in [-0.15, -0.1) is 0 Å². The lowest BCUT2D eigenvalue weighted by Gasteiger charge is -2.50. The molecule has 16 heavy (non-hydrogen) atoms. The lowest BCUT2D eigenvalue weighted by molar-refractivity contribution is -0.207. The second-order valence-electron chi connectivity index (χ2n) is 6.63. The van der Waals surface area contributed by atoms with E-state index in [1.165, 1.54) is 25.7 Å². The Bertz CT molecular complexity index is 245. The summed E-state index contributed by atoms with van der Waals surface area (Å²) in [5.41, 5.74) is 0.0546. The zero-order chi connectivity index (χ0) is 11.8. The Morgan fingerprint density at radius 3 is 2.62 bits per heavy atom. The van der Waals surface area contributed by atoms with Crippen molar-refractivity contribution in [2.24, 2.45) is 11.8 Å². The SMILES string of the molecule is CC(C)C1CCCC2(C1)NCCC(C)(C)O2. The summed E-state index contributed by atoms with van der Waals surface area (Å²) in [6.07, 6.45) is 6.21. The molecule has 1 N–H and O–H groups in total. The van der Waals surface area contributed by atoms with Crippen LogP contribution < -0.4 is 5.32 Å². The molecule has 2 unspecified atom stereocenters. The Morgan fingerprint density at radius 1 is 1.25 bits per heavy atom. The van der Waals surface area contributed by atoms with E-state index >= 15 is 0 Å². The Hall–Kier alpha value is -0.0800. The molecule has 1 aliphatic carbocycles. The van der Waals surface area contributed by atoms with E-state index in [1.807, 2.05) is 0 Å². The van der Waals surface area contributed by atoms with Crippen molar-refractivity contribution in [3.05, 3.63) is 0 Å². The predicted molar refractivity (Wildman–Crippen MR) is 67.3 cm³/mol. The fraction of sp³-hybridized carbons (Fsp3) is 1.00. The minimum Gasteiger partial charge on any atom is -0.355 e.